The lowest BCUT2D eigenvalue weighted by molar-refractivity contribution is 0.00578. The molecule has 1 aromatic rings. The van der Waals surface area contributed by atoms with Gasteiger partial charge in [-0.25, -0.2) is 0 Å². The molecule has 0 aromatic heterocycles. The second-order valence-corrected chi connectivity index (χ2v) is 6.65. The lowest BCUT2D eigenvalue weighted by Gasteiger charge is -2.32. The van der Waals surface area contributed by atoms with Crippen molar-refractivity contribution < 1.29 is 14.1 Å². The van der Waals surface area contributed by atoms with E-state index in [0.29, 0.717) is 5.56 Å². The molecular formula is C14H18BBrO3. The Balaban J connectivity index is 2.33. The van der Waals surface area contributed by atoms with Gasteiger partial charge < -0.3 is 9.31 Å². The van der Waals surface area contributed by atoms with Crippen LogP contribution in [0.25, 0.3) is 0 Å². The predicted molar refractivity (Wildman–Crippen MR) is 80.2 cm³/mol. The van der Waals surface area contributed by atoms with E-state index in [1.807, 2.05) is 46.8 Å². The first kappa shape index (κ1) is 14.8. The Morgan fingerprint density at radius 3 is 2.11 bits per heavy atom. The summed E-state index contributed by atoms with van der Waals surface area (Å²) in [5.41, 5.74) is 1.89. The second kappa shape index (κ2) is 4.72. The molecule has 3 nitrogen and oxygen atoms in total. The van der Waals surface area contributed by atoms with Crippen LogP contribution in [0.2, 0.25) is 0 Å². The van der Waals surface area contributed by atoms with Crippen LogP contribution in [0.15, 0.2) is 18.2 Å². The predicted octanol–water partition coefficient (Wildman–Crippen LogP) is 2.83. The molecule has 0 radical (unpaired) electrons. The Labute approximate surface area is 122 Å². The van der Waals surface area contributed by atoms with E-state index < -0.39 is 0 Å². The van der Waals surface area contributed by atoms with Crippen molar-refractivity contribution in [3.8, 4) is 0 Å². The van der Waals surface area contributed by atoms with E-state index in [-0.39, 0.29) is 23.0 Å². The van der Waals surface area contributed by atoms with Gasteiger partial charge in [-0.15, -0.1) is 0 Å². The highest BCUT2D eigenvalue weighted by molar-refractivity contribution is 9.18. The maximum Gasteiger partial charge on any atom is 0.495 e. The first-order valence-corrected chi connectivity index (χ1v) is 7.09. The Bertz CT molecular complexity index is 509. The number of rotatable bonds is 2. The molecule has 1 heterocycles. The number of halogens is 1. The van der Waals surface area contributed by atoms with Crippen molar-refractivity contribution >= 4 is 33.2 Å². The average molecular weight is 325 g/mol. The van der Waals surface area contributed by atoms with E-state index in [1.54, 1.807) is 6.07 Å². The van der Waals surface area contributed by atoms with E-state index in [1.165, 1.54) is 0 Å². The standard InChI is InChI=1S/C14H18BBrO3/c1-9-8-10(12(16)17)6-7-11(9)15-18-13(2,3)14(4,5)19-15/h6-8H,1-5H3. The van der Waals surface area contributed by atoms with Crippen LogP contribution in [0, 0.1) is 6.92 Å². The third-order valence-corrected chi connectivity index (χ3v) is 4.46. The van der Waals surface area contributed by atoms with Crippen molar-refractivity contribution in [2.75, 3.05) is 0 Å². The monoisotopic (exact) mass is 324 g/mol. The zero-order chi connectivity index (χ0) is 14.4. The highest BCUT2D eigenvalue weighted by atomic mass is 79.9. The van der Waals surface area contributed by atoms with Gasteiger partial charge >= 0.3 is 7.12 Å². The number of carbonyl (C=O) groups excluding carboxylic acids is 1. The van der Waals surface area contributed by atoms with E-state index in [0.717, 1.165) is 11.0 Å². The van der Waals surface area contributed by atoms with Crippen molar-refractivity contribution in [3.63, 3.8) is 0 Å². The van der Waals surface area contributed by atoms with Gasteiger partial charge in [-0.3, -0.25) is 4.79 Å². The van der Waals surface area contributed by atoms with Gasteiger partial charge in [-0.05, 0) is 62.1 Å². The zero-order valence-electron chi connectivity index (χ0n) is 11.9. The van der Waals surface area contributed by atoms with Gasteiger partial charge in [0.25, 0.3) is 0 Å². The van der Waals surface area contributed by atoms with Crippen LogP contribution in [-0.4, -0.2) is 23.0 Å². The van der Waals surface area contributed by atoms with Crippen LogP contribution in [0.5, 0.6) is 0 Å². The highest BCUT2D eigenvalue weighted by Crippen LogP contribution is 2.36. The summed E-state index contributed by atoms with van der Waals surface area (Å²) in [5, 5.41) is 0. The summed E-state index contributed by atoms with van der Waals surface area (Å²) in [6.07, 6.45) is 0. The first-order chi connectivity index (χ1) is 8.64. The molecule has 0 spiro atoms. The number of benzene rings is 1. The molecule has 1 fully saturated rings. The molecule has 0 unspecified atom stereocenters. The van der Waals surface area contributed by atoms with Crippen LogP contribution < -0.4 is 5.46 Å². The molecule has 0 amide bonds. The van der Waals surface area contributed by atoms with Crippen LogP contribution in [0.4, 0.5) is 0 Å². The van der Waals surface area contributed by atoms with Gasteiger partial charge in [-0.2, -0.15) is 0 Å². The SMILES string of the molecule is Cc1cc(C(=O)Br)ccc1B1OC(C)(C)C(C)(C)O1. The minimum atomic E-state index is -0.385. The molecule has 0 aliphatic carbocycles. The van der Waals surface area contributed by atoms with Crippen LogP contribution in [0.1, 0.15) is 43.6 Å². The van der Waals surface area contributed by atoms with E-state index in [9.17, 15) is 4.79 Å². The molecule has 102 valence electrons. The van der Waals surface area contributed by atoms with Gasteiger partial charge in [0.05, 0.1) is 11.2 Å². The first-order valence-electron chi connectivity index (χ1n) is 6.30. The number of carbonyl (C=O) groups is 1. The molecule has 1 aliphatic rings. The maximum absolute atomic E-state index is 11.3. The van der Waals surface area contributed by atoms with Crippen molar-refractivity contribution in [1.29, 1.82) is 0 Å². The molecular weight excluding hydrogens is 307 g/mol. The summed E-state index contributed by atoms with van der Waals surface area (Å²) < 4.78 is 11.9. The van der Waals surface area contributed by atoms with Crippen LogP contribution >= 0.6 is 15.9 Å². The minimum Gasteiger partial charge on any atom is -0.399 e. The molecule has 0 atom stereocenters. The fourth-order valence-corrected chi connectivity index (χ4v) is 2.28. The van der Waals surface area contributed by atoms with Gasteiger partial charge in [0.15, 0.2) is 0 Å². The molecule has 2 rings (SSSR count). The molecule has 0 N–H and O–H groups in total. The van der Waals surface area contributed by atoms with E-state index in [4.69, 9.17) is 9.31 Å². The van der Waals surface area contributed by atoms with E-state index in [2.05, 4.69) is 15.9 Å². The topological polar surface area (TPSA) is 35.5 Å². The summed E-state index contributed by atoms with van der Waals surface area (Å²) in [4.78, 5) is 11.3. The van der Waals surface area contributed by atoms with Gasteiger partial charge in [0, 0.05) is 5.56 Å². The van der Waals surface area contributed by atoms with Crippen molar-refractivity contribution in [2.24, 2.45) is 0 Å². The third kappa shape index (κ3) is 2.64. The largest absolute Gasteiger partial charge is 0.495 e. The van der Waals surface area contributed by atoms with Crippen molar-refractivity contribution in [1.82, 2.24) is 0 Å². The third-order valence-electron chi connectivity index (χ3n) is 4.00. The lowest BCUT2D eigenvalue weighted by Crippen LogP contribution is -2.41. The number of hydrogen-bond acceptors (Lipinski definition) is 3. The lowest BCUT2D eigenvalue weighted by atomic mass is 9.76. The van der Waals surface area contributed by atoms with Crippen LogP contribution in [0.3, 0.4) is 0 Å². The van der Waals surface area contributed by atoms with Gasteiger partial charge in [0.1, 0.15) is 0 Å². The summed E-state index contributed by atoms with van der Waals surface area (Å²) in [6, 6.07) is 5.52. The average Bonchev–Trinajstić information content (AvgIpc) is 2.47. The normalized spacial score (nSPS) is 20.6. The maximum atomic E-state index is 11.3. The minimum absolute atomic E-state index is 0.115. The summed E-state index contributed by atoms with van der Waals surface area (Å²) >= 11 is 2.96. The zero-order valence-corrected chi connectivity index (χ0v) is 13.5. The number of hydrogen-bond donors (Lipinski definition) is 0. The Kier molecular flexibility index (Phi) is 3.67. The molecule has 1 aromatic carbocycles. The van der Waals surface area contributed by atoms with Crippen molar-refractivity contribution in [3.05, 3.63) is 29.3 Å². The molecule has 1 saturated heterocycles. The molecule has 0 saturated carbocycles. The fraction of sp³-hybridized carbons (Fsp3) is 0.500. The quantitative estimate of drug-likeness (QED) is 0.620. The Morgan fingerprint density at radius 2 is 1.68 bits per heavy atom. The highest BCUT2D eigenvalue weighted by Gasteiger charge is 2.52. The van der Waals surface area contributed by atoms with E-state index >= 15 is 0 Å². The van der Waals surface area contributed by atoms with Gasteiger partial charge in [-0.1, -0.05) is 17.7 Å². The summed E-state index contributed by atoms with van der Waals surface area (Å²) in [5.74, 6) is 0. The summed E-state index contributed by atoms with van der Waals surface area (Å²) in [7, 11) is -0.385. The smallest absolute Gasteiger partial charge is 0.399 e. The second-order valence-electron chi connectivity index (χ2n) is 5.93. The molecule has 1 aliphatic heterocycles. The van der Waals surface area contributed by atoms with Crippen molar-refractivity contribution in [2.45, 2.75) is 45.8 Å². The summed E-state index contributed by atoms with van der Waals surface area (Å²) in [6.45, 7) is 10.1. The fourth-order valence-electron chi connectivity index (χ4n) is 2.03. The molecule has 19 heavy (non-hydrogen) atoms. The number of aryl methyl sites for hydroxylation is 1. The molecule has 0 bridgehead atoms. The van der Waals surface area contributed by atoms with Crippen LogP contribution in [-0.2, 0) is 9.31 Å². The van der Waals surface area contributed by atoms with Gasteiger partial charge in [0.2, 0.25) is 4.69 Å². The Hall–Kier alpha value is -0.645. The Morgan fingerprint density at radius 1 is 1.16 bits per heavy atom. The molecule has 5 heteroatoms.